The van der Waals surface area contributed by atoms with Gasteiger partial charge in [-0.2, -0.15) is 8.78 Å². The fourth-order valence-electron chi connectivity index (χ4n) is 1.97. The second-order valence-corrected chi connectivity index (χ2v) is 4.46. The first-order valence-electron chi connectivity index (χ1n) is 5.83. The van der Waals surface area contributed by atoms with Crippen LogP contribution in [0.3, 0.4) is 0 Å². The van der Waals surface area contributed by atoms with Gasteiger partial charge in [-0.05, 0) is 18.4 Å². The summed E-state index contributed by atoms with van der Waals surface area (Å²) in [5, 5.41) is 0. The number of nitrogens with two attached hydrogens (primary N) is 1. The molecule has 2 atom stereocenters. The highest BCUT2D eigenvalue weighted by Crippen LogP contribution is 2.29. The molecule has 0 saturated carbocycles. The van der Waals surface area contributed by atoms with Crippen LogP contribution < -0.4 is 10.5 Å². The first kappa shape index (κ1) is 13.7. The number of hydrogen-bond donors (Lipinski definition) is 1. The summed E-state index contributed by atoms with van der Waals surface area (Å²) in [6.07, 6.45) is 0.107. The first-order valence-corrected chi connectivity index (χ1v) is 5.83. The molecule has 2 heterocycles. The van der Waals surface area contributed by atoms with Crippen LogP contribution in [-0.4, -0.2) is 30.2 Å². The number of primary amides is 1. The molecular formula is C12H14F2N2O3. The van der Waals surface area contributed by atoms with Gasteiger partial charge in [0.1, 0.15) is 11.8 Å². The second kappa shape index (κ2) is 5.48. The van der Waals surface area contributed by atoms with Gasteiger partial charge in [-0.1, -0.05) is 13.0 Å². The fourth-order valence-corrected chi connectivity index (χ4v) is 1.97. The van der Waals surface area contributed by atoms with Crippen molar-refractivity contribution >= 4 is 5.91 Å². The molecule has 1 aliphatic heterocycles. The van der Waals surface area contributed by atoms with Crippen molar-refractivity contribution in [3.8, 4) is 5.88 Å². The highest BCUT2D eigenvalue weighted by Gasteiger charge is 2.29. The molecule has 0 bridgehead atoms. The molecule has 0 aromatic carbocycles. The molecular weight excluding hydrogens is 258 g/mol. The number of carbonyl (C=O) groups is 1. The number of alkyl halides is 2. The Morgan fingerprint density at radius 2 is 2.37 bits per heavy atom. The quantitative estimate of drug-likeness (QED) is 0.898. The summed E-state index contributed by atoms with van der Waals surface area (Å²) in [6.45, 7) is -1.17. The monoisotopic (exact) mass is 272 g/mol. The molecule has 2 rings (SSSR count). The Labute approximate surface area is 108 Å². The molecule has 0 fully saturated rings. The summed E-state index contributed by atoms with van der Waals surface area (Å²) in [4.78, 5) is 15.0. The summed E-state index contributed by atoms with van der Waals surface area (Å²) in [6, 6.07) is 3.23. The summed E-state index contributed by atoms with van der Waals surface area (Å²) in [7, 11) is 0. The van der Waals surface area contributed by atoms with Crippen molar-refractivity contribution in [2.75, 3.05) is 6.61 Å². The minimum absolute atomic E-state index is 0.0208. The van der Waals surface area contributed by atoms with E-state index in [0.29, 0.717) is 6.42 Å². The van der Waals surface area contributed by atoms with Gasteiger partial charge in [0.15, 0.2) is 0 Å². The Kier molecular flexibility index (Phi) is 3.94. The summed E-state index contributed by atoms with van der Waals surface area (Å²) >= 11 is 0. The van der Waals surface area contributed by atoms with Crippen LogP contribution in [0, 0.1) is 5.92 Å². The number of ether oxygens (including phenoxy) is 2. The standard InChI is InChI=1S/C12H14F2N2O3/c1-6-4-7-2-3-8(10(15)17)16-11(7)19-9(6)5-18-12(13)14/h2-3,6,9,12H,4-5H2,1H3,(H2,15,17)/t6-,9-/m0/s1. The predicted octanol–water partition coefficient (Wildman–Crippen LogP) is 1.36. The molecule has 1 aromatic rings. The lowest BCUT2D eigenvalue weighted by Crippen LogP contribution is -2.36. The van der Waals surface area contributed by atoms with Crippen molar-refractivity contribution in [3.05, 3.63) is 23.4 Å². The van der Waals surface area contributed by atoms with Gasteiger partial charge < -0.3 is 15.2 Å². The molecule has 0 saturated heterocycles. The Balaban J connectivity index is 2.15. The number of carbonyl (C=O) groups excluding carboxylic acids is 1. The van der Waals surface area contributed by atoms with Crippen molar-refractivity contribution in [3.63, 3.8) is 0 Å². The molecule has 0 aliphatic carbocycles. The Bertz CT molecular complexity index is 482. The van der Waals surface area contributed by atoms with Crippen molar-refractivity contribution in [1.82, 2.24) is 4.98 Å². The topological polar surface area (TPSA) is 74.4 Å². The van der Waals surface area contributed by atoms with Gasteiger partial charge in [-0.15, -0.1) is 0 Å². The van der Waals surface area contributed by atoms with E-state index in [0.717, 1.165) is 5.56 Å². The third-order valence-electron chi connectivity index (χ3n) is 3.02. The van der Waals surface area contributed by atoms with E-state index in [1.807, 2.05) is 6.92 Å². The smallest absolute Gasteiger partial charge is 0.345 e. The lowest BCUT2D eigenvalue weighted by Gasteiger charge is -2.30. The van der Waals surface area contributed by atoms with E-state index in [1.54, 1.807) is 6.07 Å². The fraction of sp³-hybridized carbons (Fsp3) is 0.500. The molecule has 1 aliphatic rings. The van der Waals surface area contributed by atoms with E-state index < -0.39 is 18.6 Å². The molecule has 19 heavy (non-hydrogen) atoms. The minimum atomic E-state index is -2.83. The maximum atomic E-state index is 12.0. The SMILES string of the molecule is C[C@H]1Cc2ccc(C(N)=O)nc2O[C@H]1COC(F)F. The number of rotatable bonds is 4. The number of halogens is 2. The molecule has 5 nitrogen and oxygen atoms in total. The zero-order chi connectivity index (χ0) is 14.0. The zero-order valence-corrected chi connectivity index (χ0v) is 10.3. The number of aromatic nitrogens is 1. The average Bonchev–Trinajstić information content (AvgIpc) is 2.35. The molecule has 104 valence electrons. The van der Waals surface area contributed by atoms with Gasteiger partial charge in [-0.25, -0.2) is 4.98 Å². The first-order chi connectivity index (χ1) is 8.97. The highest BCUT2D eigenvalue weighted by atomic mass is 19.3. The highest BCUT2D eigenvalue weighted by molar-refractivity contribution is 5.90. The number of hydrogen-bond acceptors (Lipinski definition) is 4. The molecule has 1 amide bonds. The summed E-state index contributed by atoms with van der Waals surface area (Å²) < 4.78 is 33.8. The average molecular weight is 272 g/mol. The Morgan fingerprint density at radius 1 is 1.63 bits per heavy atom. The molecule has 0 unspecified atom stereocenters. The zero-order valence-electron chi connectivity index (χ0n) is 10.3. The lowest BCUT2D eigenvalue weighted by molar-refractivity contribution is -0.150. The van der Waals surface area contributed by atoms with Crippen molar-refractivity contribution in [2.24, 2.45) is 11.7 Å². The number of fused-ring (bicyclic) bond motifs is 1. The van der Waals surface area contributed by atoms with E-state index in [4.69, 9.17) is 10.5 Å². The minimum Gasteiger partial charge on any atom is -0.471 e. The third kappa shape index (κ3) is 3.17. The van der Waals surface area contributed by atoms with E-state index in [1.165, 1.54) is 6.07 Å². The van der Waals surface area contributed by atoms with Crippen molar-refractivity contribution in [2.45, 2.75) is 26.1 Å². The van der Waals surface area contributed by atoms with Crippen LogP contribution in [0.5, 0.6) is 5.88 Å². The van der Waals surface area contributed by atoms with Gasteiger partial charge >= 0.3 is 6.61 Å². The van der Waals surface area contributed by atoms with Crippen LogP contribution >= 0.6 is 0 Å². The molecule has 1 aromatic heterocycles. The normalized spacial score (nSPS) is 21.9. The Hall–Kier alpha value is -1.76. The maximum Gasteiger partial charge on any atom is 0.345 e. The van der Waals surface area contributed by atoms with Crippen LogP contribution in [0.15, 0.2) is 12.1 Å². The van der Waals surface area contributed by atoms with E-state index in [-0.39, 0.29) is 24.1 Å². The summed E-state index contributed by atoms with van der Waals surface area (Å²) in [5.74, 6) is -0.379. The maximum absolute atomic E-state index is 12.0. The number of amides is 1. The van der Waals surface area contributed by atoms with E-state index in [9.17, 15) is 13.6 Å². The molecule has 2 N–H and O–H groups in total. The van der Waals surface area contributed by atoms with Crippen LogP contribution in [0.4, 0.5) is 8.78 Å². The van der Waals surface area contributed by atoms with E-state index >= 15 is 0 Å². The van der Waals surface area contributed by atoms with Gasteiger partial charge in [0.2, 0.25) is 5.88 Å². The van der Waals surface area contributed by atoms with Gasteiger partial charge in [0.05, 0.1) is 6.61 Å². The molecule has 7 heteroatoms. The molecule has 0 spiro atoms. The van der Waals surface area contributed by atoms with Gasteiger partial charge in [0, 0.05) is 5.56 Å². The molecule has 0 radical (unpaired) electrons. The van der Waals surface area contributed by atoms with E-state index in [2.05, 4.69) is 9.72 Å². The van der Waals surface area contributed by atoms with Crippen LogP contribution in [0.25, 0.3) is 0 Å². The number of nitrogens with zero attached hydrogens (tertiary/aromatic N) is 1. The third-order valence-corrected chi connectivity index (χ3v) is 3.02. The second-order valence-electron chi connectivity index (χ2n) is 4.46. The predicted molar refractivity (Wildman–Crippen MR) is 62.0 cm³/mol. The number of pyridine rings is 1. The summed E-state index contributed by atoms with van der Waals surface area (Å²) in [5.41, 5.74) is 6.04. The van der Waals surface area contributed by atoms with Crippen LogP contribution in [0.1, 0.15) is 23.0 Å². The lowest BCUT2D eigenvalue weighted by atomic mass is 9.94. The van der Waals surface area contributed by atoms with Gasteiger partial charge in [0.25, 0.3) is 5.91 Å². The Morgan fingerprint density at radius 3 is 3.00 bits per heavy atom. The van der Waals surface area contributed by atoms with Crippen molar-refractivity contribution in [1.29, 1.82) is 0 Å². The van der Waals surface area contributed by atoms with Crippen LogP contribution in [-0.2, 0) is 11.2 Å². The largest absolute Gasteiger partial charge is 0.471 e. The van der Waals surface area contributed by atoms with Gasteiger partial charge in [-0.3, -0.25) is 4.79 Å². The van der Waals surface area contributed by atoms with Crippen molar-refractivity contribution < 1.29 is 23.0 Å². The van der Waals surface area contributed by atoms with Crippen LogP contribution in [0.2, 0.25) is 0 Å².